The first-order valence-corrected chi connectivity index (χ1v) is 7.68. The minimum absolute atomic E-state index is 0.182. The van der Waals surface area contributed by atoms with Crippen molar-refractivity contribution in [3.8, 4) is 16.9 Å². The van der Waals surface area contributed by atoms with Crippen molar-refractivity contribution in [1.29, 1.82) is 0 Å². The molecule has 7 nitrogen and oxygen atoms in total. The molecule has 3 rings (SSSR count). The maximum absolute atomic E-state index is 11.2. The highest BCUT2D eigenvalue weighted by Gasteiger charge is 2.16. The lowest BCUT2D eigenvalue weighted by Gasteiger charge is -2.09. The molecule has 2 N–H and O–H groups in total. The van der Waals surface area contributed by atoms with Gasteiger partial charge in [-0.2, -0.15) is 0 Å². The molecule has 0 spiro atoms. The fourth-order valence-electron chi connectivity index (χ4n) is 2.36. The number of aromatic hydroxyl groups is 1. The summed E-state index contributed by atoms with van der Waals surface area (Å²) in [5.74, 6) is -1.53. The first-order chi connectivity index (χ1) is 12.7. The van der Waals surface area contributed by atoms with Crippen LogP contribution >= 0.6 is 0 Å². The van der Waals surface area contributed by atoms with E-state index in [9.17, 15) is 9.90 Å². The van der Waals surface area contributed by atoms with Gasteiger partial charge in [0.05, 0.1) is 11.4 Å². The zero-order valence-electron chi connectivity index (χ0n) is 13.5. The zero-order valence-corrected chi connectivity index (χ0v) is 13.5. The van der Waals surface area contributed by atoms with Crippen molar-refractivity contribution >= 4 is 17.3 Å². The largest absolute Gasteiger partial charge is 0.506 e. The number of carboxylic acids is 1. The van der Waals surface area contributed by atoms with Crippen molar-refractivity contribution in [3.63, 3.8) is 0 Å². The van der Waals surface area contributed by atoms with Crippen LogP contribution in [0.15, 0.2) is 93.5 Å². The number of carboxylic acid groups (broad SMARTS) is 1. The highest BCUT2D eigenvalue weighted by atomic mass is 16.4. The third-order valence-corrected chi connectivity index (χ3v) is 3.57. The standard InChI is InChI=1S/C19H14N4O3/c24-18-15(10-6-11-16(18)19(25)26)14-9-4-5-12-17(14)21-23-22-20-13-7-2-1-3-8-13/h1-12,24H,(H,25,26). The summed E-state index contributed by atoms with van der Waals surface area (Å²) >= 11 is 0. The molecule has 0 amide bonds. The Morgan fingerprint density at radius 2 is 1.38 bits per heavy atom. The number of benzene rings is 3. The van der Waals surface area contributed by atoms with Gasteiger partial charge in [0.15, 0.2) is 0 Å². The molecule has 26 heavy (non-hydrogen) atoms. The molecule has 0 heterocycles. The van der Waals surface area contributed by atoms with Gasteiger partial charge in [0.1, 0.15) is 11.3 Å². The van der Waals surface area contributed by atoms with Gasteiger partial charge in [-0.3, -0.25) is 0 Å². The second kappa shape index (κ2) is 7.80. The Balaban J connectivity index is 1.92. The molecule has 3 aromatic rings. The fraction of sp³-hybridized carbons (Fsp3) is 0. The Hall–Kier alpha value is -3.87. The van der Waals surface area contributed by atoms with Gasteiger partial charge < -0.3 is 10.2 Å². The van der Waals surface area contributed by atoms with Crippen molar-refractivity contribution in [2.45, 2.75) is 0 Å². The normalized spacial score (nSPS) is 11.2. The fourth-order valence-corrected chi connectivity index (χ4v) is 2.36. The average molecular weight is 346 g/mol. The van der Waals surface area contributed by atoms with Gasteiger partial charge in [0.2, 0.25) is 0 Å². The van der Waals surface area contributed by atoms with Crippen LogP contribution in [-0.4, -0.2) is 16.2 Å². The van der Waals surface area contributed by atoms with Gasteiger partial charge in [-0.05, 0) is 34.7 Å². The first-order valence-electron chi connectivity index (χ1n) is 7.68. The van der Waals surface area contributed by atoms with Gasteiger partial charge in [0.25, 0.3) is 0 Å². The summed E-state index contributed by atoms with van der Waals surface area (Å²) < 4.78 is 0. The number of hydrogen-bond donors (Lipinski definition) is 2. The molecule has 0 bridgehead atoms. The number of carbonyl (C=O) groups is 1. The van der Waals surface area contributed by atoms with Crippen molar-refractivity contribution in [1.82, 2.24) is 0 Å². The van der Waals surface area contributed by atoms with E-state index in [0.29, 0.717) is 22.5 Å². The third-order valence-electron chi connectivity index (χ3n) is 3.57. The lowest BCUT2D eigenvalue weighted by Crippen LogP contribution is -1.97. The molecule has 0 unspecified atom stereocenters. The van der Waals surface area contributed by atoms with Gasteiger partial charge in [-0.25, -0.2) is 4.79 Å². The number of aromatic carboxylic acids is 1. The molecular formula is C19H14N4O3. The highest BCUT2D eigenvalue weighted by molar-refractivity contribution is 5.95. The molecule has 0 atom stereocenters. The summed E-state index contributed by atoms with van der Waals surface area (Å²) in [4.78, 5) is 11.2. The van der Waals surface area contributed by atoms with Crippen LogP contribution in [0.1, 0.15) is 10.4 Å². The van der Waals surface area contributed by atoms with Crippen LogP contribution in [-0.2, 0) is 0 Å². The minimum Gasteiger partial charge on any atom is -0.506 e. The Labute approximate surface area is 149 Å². The summed E-state index contributed by atoms with van der Waals surface area (Å²) in [7, 11) is 0. The summed E-state index contributed by atoms with van der Waals surface area (Å²) in [5, 5.41) is 34.7. The summed E-state index contributed by atoms with van der Waals surface area (Å²) in [6, 6.07) is 20.5. The van der Waals surface area contributed by atoms with E-state index in [1.807, 2.05) is 18.2 Å². The number of phenols is 1. The van der Waals surface area contributed by atoms with E-state index in [-0.39, 0.29) is 11.3 Å². The van der Waals surface area contributed by atoms with Crippen LogP contribution in [0.2, 0.25) is 0 Å². The molecule has 7 heteroatoms. The van der Waals surface area contributed by atoms with Crippen LogP contribution in [0, 0.1) is 0 Å². The second-order valence-corrected chi connectivity index (χ2v) is 5.24. The maximum atomic E-state index is 11.2. The van der Waals surface area contributed by atoms with Crippen LogP contribution in [0.5, 0.6) is 5.75 Å². The Bertz CT molecular complexity index is 985. The monoisotopic (exact) mass is 346 g/mol. The molecule has 0 aromatic heterocycles. The van der Waals surface area contributed by atoms with Crippen LogP contribution < -0.4 is 0 Å². The lowest BCUT2D eigenvalue weighted by molar-refractivity contribution is 0.0694. The maximum Gasteiger partial charge on any atom is 0.339 e. The molecule has 0 radical (unpaired) electrons. The van der Waals surface area contributed by atoms with Crippen molar-refractivity contribution < 1.29 is 15.0 Å². The van der Waals surface area contributed by atoms with E-state index in [4.69, 9.17) is 5.11 Å². The molecule has 0 saturated heterocycles. The lowest BCUT2D eigenvalue weighted by atomic mass is 10.00. The SMILES string of the molecule is O=C(O)c1cccc(-c2ccccc2N=NN=Nc2ccccc2)c1O. The van der Waals surface area contributed by atoms with Gasteiger partial charge in [-0.1, -0.05) is 48.5 Å². The van der Waals surface area contributed by atoms with Crippen molar-refractivity contribution in [2.24, 2.45) is 20.7 Å². The van der Waals surface area contributed by atoms with Crippen molar-refractivity contribution in [3.05, 3.63) is 78.4 Å². The number of rotatable bonds is 5. The molecular weight excluding hydrogens is 332 g/mol. The summed E-state index contributed by atoms with van der Waals surface area (Å²) in [5.41, 5.74) is 1.77. The molecule has 0 fully saturated rings. The van der Waals surface area contributed by atoms with Crippen molar-refractivity contribution in [2.75, 3.05) is 0 Å². The van der Waals surface area contributed by atoms with Crippen LogP contribution in [0.4, 0.5) is 11.4 Å². The first kappa shape index (κ1) is 17.0. The van der Waals surface area contributed by atoms with Gasteiger partial charge in [-0.15, -0.1) is 10.2 Å². The van der Waals surface area contributed by atoms with Gasteiger partial charge >= 0.3 is 5.97 Å². The molecule has 0 aliphatic rings. The number of nitrogens with zero attached hydrogens (tertiary/aromatic N) is 4. The molecule has 0 saturated carbocycles. The van der Waals surface area contributed by atoms with E-state index in [2.05, 4.69) is 20.7 Å². The topological polar surface area (TPSA) is 107 Å². The van der Waals surface area contributed by atoms with E-state index in [1.165, 1.54) is 6.07 Å². The number of hydrogen-bond acceptors (Lipinski definition) is 4. The number of para-hydroxylation sites is 1. The predicted octanol–water partition coefficient (Wildman–Crippen LogP) is 5.54. The van der Waals surface area contributed by atoms with E-state index in [0.717, 1.165) is 0 Å². The molecule has 128 valence electrons. The molecule has 0 aliphatic heterocycles. The zero-order chi connectivity index (χ0) is 18.4. The highest BCUT2D eigenvalue weighted by Crippen LogP contribution is 2.37. The Morgan fingerprint density at radius 1 is 0.731 bits per heavy atom. The van der Waals surface area contributed by atoms with Crippen LogP contribution in [0.3, 0.4) is 0 Å². The quantitative estimate of drug-likeness (QED) is 0.467. The average Bonchev–Trinajstić information content (AvgIpc) is 2.66. The third kappa shape index (κ3) is 3.78. The molecule has 0 aliphatic carbocycles. The summed E-state index contributed by atoms with van der Waals surface area (Å²) in [6.07, 6.45) is 0. The minimum atomic E-state index is -1.21. The summed E-state index contributed by atoms with van der Waals surface area (Å²) in [6.45, 7) is 0. The van der Waals surface area contributed by atoms with E-state index < -0.39 is 5.97 Å². The van der Waals surface area contributed by atoms with E-state index in [1.54, 1.807) is 48.5 Å². The van der Waals surface area contributed by atoms with E-state index >= 15 is 0 Å². The Morgan fingerprint density at radius 3 is 2.15 bits per heavy atom. The van der Waals surface area contributed by atoms with Crippen LogP contribution in [0.25, 0.3) is 11.1 Å². The smallest absolute Gasteiger partial charge is 0.339 e. The Kier molecular flexibility index (Phi) is 5.09. The van der Waals surface area contributed by atoms with Gasteiger partial charge in [0, 0.05) is 11.1 Å². The molecule has 3 aromatic carbocycles. The predicted molar refractivity (Wildman–Crippen MR) is 96.0 cm³/mol. The second-order valence-electron chi connectivity index (χ2n) is 5.24.